The molecular weight excluding hydrogens is 452 g/mol. The topological polar surface area (TPSA) is 120 Å². The molecule has 0 aromatic carbocycles. The van der Waals surface area contributed by atoms with Crippen molar-refractivity contribution in [2.45, 2.75) is 52.6 Å². The molecular formula is C24H40N6O5. The first-order chi connectivity index (χ1) is 16.6. The van der Waals surface area contributed by atoms with Gasteiger partial charge in [-0.15, -0.1) is 0 Å². The minimum absolute atomic E-state index is 0.0733. The number of ether oxygens (including phenoxy) is 2. The number of hydrogen-bond acceptors (Lipinski definition) is 8. The monoisotopic (exact) mass is 492 g/mol. The molecule has 0 spiro atoms. The maximum Gasteiger partial charge on any atom is 0.410 e. The van der Waals surface area contributed by atoms with Crippen molar-refractivity contribution in [2.75, 3.05) is 70.5 Å². The van der Waals surface area contributed by atoms with Gasteiger partial charge in [0.15, 0.2) is 0 Å². The molecule has 0 atom stereocenters. The smallest absolute Gasteiger partial charge is 0.410 e. The van der Waals surface area contributed by atoms with Crippen LogP contribution in [0.1, 0.15) is 44.9 Å². The van der Waals surface area contributed by atoms with Crippen LogP contribution < -0.4 is 15.8 Å². The molecule has 2 aliphatic rings. The molecule has 2 saturated heterocycles. The Kier molecular flexibility index (Phi) is 9.50. The Hall–Kier alpha value is -2.66. The van der Waals surface area contributed by atoms with E-state index in [4.69, 9.17) is 9.47 Å². The van der Waals surface area contributed by atoms with Crippen LogP contribution in [0.15, 0.2) is 4.79 Å². The molecule has 35 heavy (non-hydrogen) atoms. The van der Waals surface area contributed by atoms with E-state index < -0.39 is 5.60 Å². The quantitative estimate of drug-likeness (QED) is 0.514. The second-order valence-electron chi connectivity index (χ2n) is 10.1. The Morgan fingerprint density at radius 1 is 1.11 bits per heavy atom. The molecule has 2 aliphatic heterocycles. The average molecular weight is 493 g/mol. The first kappa shape index (κ1) is 26.9. The third-order valence-electron chi connectivity index (χ3n) is 6.12. The van der Waals surface area contributed by atoms with Gasteiger partial charge in [0.2, 0.25) is 11.9 Å². The van der Waals surface area contributed by atoms with Gasteiger partial charge in [-0.1, -0.05) is 0 Å². The molecule has 1 aromatic heterocycles. The maximum absolute atomic E-state index is 12.6. The van der Waals surface area contributed by atoms with E-state index in [1.165, 1.54) is 0 Å². The van der Waals surface area contributed by atoms with Crippen LogP contribution in [0.4, 0.5) is 10.7 Å². The van der Waals surface area contributed by atoms with E-state index in [0.717, 1.165) is 26.1 Å². The fraction of sp³-hybridized carbons (Fsp3) is 0.750. The molecule has 2 N–H and O–H groups in total. The number of aromatic nitrogens is 2. The number of hydrogen-bond donors (Lipinski definition) is 2. The lowest BCUT2D eigenvalue weighted by Gasteiger charge is -2.35. The van der Waals surface area contributed by atoms with Crippen LogP contribution >= 0.6 is 0 Å². The van der Waals surface area contributed by atoms with Gasteiger partial charge in [-0.25, -0.2) is 9.78 Å². The standard InChI is InChI=1S/C24H40N6O5/c1-18-19(21(32)27-22(26-18)29-14-16-34-17-15-29)6-7-20(31)25-8-5-9-28-10-12-30(13-11-28)23(33)35-24(2,3)4/h5-17H2,1-4H3,(H,25,31)(H,26,27,32). The molecule has 0 bridgehead atoms. The molecule has 11 heteroatoms. The van der Waals surface area contributed by atoms with Gasteiger partial charge >= 0.3 is 6.09 Å². The number of rotatable bonds is 8. The van der Waals surface area contributed by atoms with Crippen LogP contribution in [0.3, 0.4) is 0 Å². The lowest BCUT2D eigenvalue weighted by molar-refractivity contribution is -0.121. The molecule has 2 amide bonds. The number of H-pyrrole nitrogens is 1. The Bertz CT molecular complexity index is 914. The minimum atomic E-state index is -0.485. The van der Waals surface area contributed by atoms with Gasteiger partial charge in [0, 0.05) is 63.5 Å². The van der Waals surface area contributed by atoms with Crippen molar-refractivity contribution >= 4 is 17.9 Å². The first-order valence-corrected chi connectivity index (χ1v) is 12.5. The summed E-state index contributed by atoms with van der Waals surface area (Å²) in [5.41, 5.74) is 0.549. The summed E-state index contributed by atoms with van der Waals surface area (Å²) in [5, 5.41) is 2.94. The van der Waals surface area contributed by atoms with E-state index in [9.17, 15) is 14.4 Å². The lowest BCUT2D eigenvalue weighted by atomic mass is 10.1. The van der Waals surface area contributed by atoms with Gasteiger partial charge in [0.25, 0.3) is 5.56 Å². The van der Waals surface area contributed by atoms with Crippen LogP contribution in [0, 0.1) is 6.92 Å². The highest BCUT2D eigenvalue weighted by atomic mass is 16.6. The summed E-state index contributed by atoms with van der Waals surface area (Å²) in [5.74, 6) is 0.492. The predicted molar refractivity (Wildman–Crippen MR) is 133 cm³/mol. The number of amides is 2. The van der Waals surface area contributed by atoms with Crippen molar-refractivity contribution in [3.8, 4) is 0 Å². The summed E-state index contributed by atoms with van der Waals surface area (Å²) < 4.78 is 10.8. The number of piperazine rings is 1. The first-order valence-electron chi connectivity index (χ1n) is 12.5. The van der Waals surface area contributed by atoms with E-state index in [-0.39, 0.29) is 24.0 Å². The number of carbonyl (C=O) groups is 2. The molecule has 0 saturated carbocycles. The summed E-state index contributed by atoms with van der Waals surface area (Å²) in [6.07, 6.45) is 1.17. The normalized spacial score (nSPS) is 17.4. The van der Waals surface area contributed by atoms with Crippen molar-refractivity contribution in [3.05, 3.63) is 21.6 Å². The number of morpholine rings is 1. The molecule has 3 rings (SSSR count). The Balaban J connectivity index is 1.33. The number of aryl methyl sites for hydroxylation is 1. The van der Waals surface area contributed by atoms with Crippen molar-refractivity contribution in [2.24, 2.45) is 0 Å². The third-order valence-corrected chi connectivity index (χ3v) is 6.12. The van der Waals surface area contributed by atoms with Gasteiger partial charge in [0.05, 0.1) is 13.2 Å². The Morgan fingerprint density at radius 3 is 2.43 bits per heavy atom. The van der Waals surface area contributed by atoms with Gasteiger partial charge in [0.1, 0.15) is 5.60 Å². The summed E-state index contributed by atoms with van der Waals surface area (Å²) in [7, 11) is 0. The second-order valence-corrected chi connectivity index (χ2v) is 10.1. The van der Waals surface area contributed by atoms with Crippen LogP contribution in [-0.4, -0.2) is 103 Å². The molecule has 0 unspecified atom stereocenters. The highest BCUT2D eigenvalue weighted by Crippen LogP contribution is 2.13. The largest absolute Gasteiger partial charge is 0.444 e. The summed E-state index contributed by atoms with van der Waals surface area (Å²) in [6.45, 7) is 14.4. The van der Waals surface area contributed by atoms with E-state index >= 15 is 0 Å². The van der Waals surface area contributed by atoms with Gasteiger partial charge in [-0.3, -0.25) is 19.5 Å². The van der Waals surface area contributed by atoms with E-state index in [1.54, 1.807) is 4.90 Å². The van der Waals surface area contributed by atoms with E-state index in [1.807, 2.05) is 32.6 Å². The number of aromatic amines is 1. The Labute approximate surface area is 207 Å². The van der Waals surface area contributed by atoms with Gasteiger partial charge in [-0.05, 0) is 47.1 Å². The number of carbonyl (C=O) groups excluding carboxylic acids is 2. The van der Waals surface area contributed by atoms with Crippen LogP contribution in [0.25, 0.3) is 0 Å². The molecule has 2 fully saturated rings. The fourth-order valence-electron chi connectivity index (χ4n) is 4.15. The van der Waals surface area contributed by atoms with Crippen LogP contribution in [0.5, 0.6) is 0 Å². The molecule has 0 radical (unpaired) electrons. The highest BCUT2D eigenvalue weighted by Gasteiger charge is 2.25. The van der Waals surface area contributed by atoms with E-state index in [0.29, 0.717) is 69.6 Å². The second kappa shape index (κ2) is 12.3. The number of nitrogens with one attached hydrogen (secondary N) is 2. The van der Waals surface area contributed by atoms with Crippen molar-refractivity contribution < 1.29 is 19.1 Å². The Morgan fingerprint density at radius 2 is 1.80 bits per heavy atom. The molecule has 1 aromatic rings. The summed E-state index contributed by atoms with van der Waals surface area (Å²) in [6, 6.07) is 0. The summed E-state index contributed by atoms with van der Waals surface area (Å²) >= 11 is 0. The van der Waals surface area contributed by atoms with Crippen LogP contribution in [-0.2, 0) is 20.7 Å². The van der Waals surface area contributed by atoms with E-state index in [2.05, 4.69) is 20.2 Å². The van der Waals surface area contributed by atoms with Crippen molar-refractivity contribution in [1.82, 2.24) is 25.1 Å². The lowest BCUT2D eigenvalue weighted by Crippen LogP contribution is -2.50. The third kappa shape index (κ3) is 8.50. The minimum Gasteiger partial charge on any atom is -0.444 e. The highest BCUT2D eigenvalue weighted by molar-refractivity contribution is 5.76. The fourth-order valence-corrected chi connectivity index (χ4v) is 4.15. The molecule has 11 nitrogen and oxygen atoms in total. The SMILES string of the molecule is Cc1nc(N2CCOCC2)[nH]c(=O)c1CCC(=O)NCCCN1CCN(C(=O)OC(C)(C)C)CC1. The predicted octanol–water partition coefficient (Wildman–Crippen LogP) is 0.907. The van der Waals surface area contributed by atoms with Gasteiger partial charge < -0.3 is 24.6 Å². The number of nitrogens with zero attached hydrogens (tertiary/aromatic N) is 4. The van der Waals surface area contributed by atoms with Crippen LogP contribution in [0.2, 0.25) is 0 Å². The zero-order valence-corrected chi connectivity index (χ0v) is 21.5. The molecule has 0 aliphatic carbocycles. The molecule has 196 valence electrons. The maximum atomic E-state index is 12.6. The average Bonchev–Trinajstić information content (AvgIpc) is 2.81. The van der Waals surface area contributed by atoms with Gasteiger partial charge in [-0.2, -0.15) is 0 Å². The zero-order valence-electron chi connectivity index (χ0n) is 21.5. The number of anilines is 1. The summed E-state index contributed by atoms with van der Waals surface area (Å²) in [4.78, 5) is 50.5. The van der Waals surface area contributed by atoms with Crippen molar-refractivity contribution in [1.29, 1.82) is 0 Å². The molecule has 3 heterocycles. The zero-order chi connectivity index (χ0) is 25.4. The van der Waals surface area contributed by atoms with Crippen molar-refractivity contribution in [3.63, 3.8) is 0 Å².